The highest BCUT2D eigenvalue weighted by atomic mass is 16.5. The van der Waals surface area contributed by atoms with Gasteiger partial charge in [0.25, 0.3) is 0 Å². The van der Waals surface area contributed by atoms with Crippen LogP contribution in [0.25, 0.3) is 17.4 Å². The van der Waals surface area contributed by atoms with E-state index in [4.69, 9.17) is 4.74 Å². The lowest BCUT2D eigenvalue weighted by molar-refractivity contribution is 0.234. The Morgan fingerprint density at radius 3 is 2.38 bits per heavy atom. The van der Waals surface area contributed by atoms with Crippen molar-refractivity contribution in [1.29, 1.82) is 5.26 Å². The average Bonchev–Trinajstić information content (AvgIpc) is 2.71. The number of hydrogen-bond donors (Lipinski definition) is 0. The van der Waals surface area contributed by atoms with Crippen LogP contribution in [0.3, 0.4) is 0 Å². The van der Waals surface area contributed by atoms with E-state index in [1.165, 1.54) is 0 Å². The van der Waals surface area contributed by atoms with Crippen molar-refractivity contribution in [2.75, 3.05) is 27.2 Å². The van der Waals surface area contributed by atoms with Crippen LogP contribution in [0.15, 0.2) is 54.6 Å². The fourth-order valence-electron chi connectivity index (χ4n) is 2.84. The van der Waals surface area contributed by atoms with Gasteiger partial charge in [-0.1, -0.05) is 48.5 Å². The second-order valence-corrected chi connectivity index (χ2v) is 5.98. The van der Waals surface area contributed by atoms with E-state index in [1.54, 1.807) is 6.08 Å². The van der Waals surface area contributed by atoms with Gasteiger partial charge in [0, 0.05) is 23.8 Å². The molecule has 3 heteroatoms. The first-order valence-corrected chi connectivity index (χ1v) is 7.99. The minimum Gasteiger partial charge on any atom is -0.492 e. The lowest BCUT2D eigenvalue weighted by Gasteiger charge is -2.15. The molecule has 1 aliphatic carbocycles. The molecule has 0 atom stereocenters. The van der Waals surface area contributed by atoms with Crippen molar-refractivity contribution in [3.8, 4) is 6.07 Å². The topological polar surface area (TPSA) is 36.3 Å². The summed E-state index contributed by atoms with van der Waals surface area (Å²) in [7, 11) is 4.06. The maximum absolute atomic E-state index is 9.25. The van der Waals surface area contributed by atoms with Crippen LogP contribution in [0.4, 0.5) is 0 Å². The van der Waals surface area contributed by atoms with Crippen molar-refractivity contribution in [1.82, 2.24) is 4.90 Å². The van der Waals surface area contributed by atoms with Crippen LogP contribution in [-0.4, -0.2) is 32.1 Å². The van der Waals surface area contributed by atoms with Gasteiger partial charge >= 0.3 is 0 Å². The van der Waals surface area contributed by atoms with Gasteiger partial charge in [0.2, 0.25) is 0 Å². The number of nitrogens with zero attached hydrogens (tertiary/aromatic N) is 2. The van der Waals surface area contributed by atoms with Crippen LogP contribution in [0.5, 0.6) is 0 Å². The number of rotatable bonds is 4. The summed E-state index contributed by atoms with van der Waals surface area (Å²) < 4.78 is 6.09. The Labute approximate surface area is 143 Å². The lowest BCUT2D eigenvalue weighted by atomic mass is 9.93. The number of nitriles is 1. The average molecular weight is 316 g/mol. The molecule has 0 aromatic heterocycles. The molecule has 1 aliphatic rings. The Kier molecular flexibility index (Phi) is 4.79. The second kappa shape index (κ2) is 7.16. The van der Waals surface area contributed by atoms with Gasteiger partial charge in [0.05, 0.1) is 6.07 Å². The minimum atomic E-state index is 0.618. The molecule has 2 aromatic carbocycles. The van der Waals surface area contributed by atoms with Gasteiger partial charge < -0.3 is 9.64 Å². The number of benzene rings is 2. The number of hydrogen-bond acceptors (Lipinski definition) is 3. The van der Waals surface area contributed by atoms with Crippen molar-refractivity contribution in [3.05, 3.63) is 76.9 Å². The van der Waals surface area contributed by atoms with Gasteiger partial charge in [-0.25, -0.2) is 0 Å². The van der Waals surface area contributed by atoms with E-state index in [2.05, 4.69) is 29.2 Å². The molecule has 0 saturated carbocycles. The Morgan fingerprint density at radius 1 is 1.00 bits per heavy atom. The molecule has 2 aromatic rings. The van der Waals surface area contributed by atoms with Crippen molar-refractivity contribution in [3.63, 3.8) is 0 Å². The monoisotopic (exact) mass is 316 g/mol. The molecular weight excluding hydrogens is 296 g/mol. The van der Waals surface area contributed by atoms with E-state index in [0.29, 0.717) is 6.61 Å². The fourth-order valence-corrected chi connectivity index (χ4v) is 2.84. The van der Waals surface area contributed by atoms with Gasteiger partial charge in [-0.2, -0.15) is 5.26 Å². The Morgan fingerprint density at radius 2 is 1.67 bits per heavy atom. The molecule has 120 valence electrons. The first-order chi connectivity index (χ1) is 11.7. The van der Waals surface area contributed by atoms with E-state index >= 15 is 0 Å². The zero-order valence-corrected chi connectivity index (χ0v) is 14.0. The maximum Gasteiger partial charge on any atom is 0.127 e. The van der Waals surface area contributed by atoms with Crippen molar-refractivity contribution in [2.24, 2.45) is 0 Å². The maximum atomic E-state index is 9.25. The molecule has 0 saturated heterocycles. The Balaban J connectivity index is 2.13. The molecule has 0 unspecified atom stereocenters. The van der Waals surface area contributed by atoms with Gasteiger partial charge in [-0.3, -0.25) is 0 Å². The summed E-state index contributed by atoms with van der Waals surface area (Å²) in [5, 5.41) is 9.25. The van der Waals surface area contributed by atoms with Gasteiger partial charge in [0.1, 0.15) is 12.4 Å². The van der Waals surface area contributed by atoms with E-state index < -0.39 is 0 Å². The highest BCUT2D eigenvalue weighted by Gasteiger charge is 2.19. The van der Waals surface area contributed by atoms with Crippen molar-refractivity contribution < 1.29 is 4.74 Å². The summed E-state index contributed by atoms with van der Waals surface area (Å²) in [6, 6.07) is 18.4. The smallest absolute Gasteiger partial charge is 0.127 e. The zero-order valence-electron chi connectivity index (χ0n) is 14.0. The fraction of sp³-hybridized carbons (Fsp3) is 0.190. The van der Waals surface area contributed by atoms with Crippen molar-refractivity contribution >= 4 is 17.4 Å². The molecule has 0 radical (unpaired) electrons. The number of allylic oxidation sites excluding steroid dienone is 1. The van der Waals surface area contributed by atoms with Crippen LogP contribution in [0.2, 0.25) is 0 Å². The lowest BCUT2D eigenvalue weighted by Crippen LogP contribution is -2.17. The molecule has 0 heterocycles. The molecule has 0 fully saturated rings. The SMILES string of the molecule is CN(C)CCOC1=Cc2ccccc2/C(=C/C#N)c2ccccc21. The summed E-state index contributed by atoms with van der Waals surface area (Å²) in [5.74, 6) is 0.848. The van der Waals surface area contributed by atoms with Crippen LogP contribution in [0, 0.1) is 11.3 Å². The summed E-state index contributed by atoms with van der Waals surface area (Å²) in [6.45, 7) is 1.47. The first kappa shape index (κ1) is 16.0. The minimum absolute atomic E-state index is 0.618. The van der Waals surface area contributed by atoms with E-state index in [1.807, 2.05) is 50.5 Å². The quantitative estimate of drug-likeness (QED) is 0.799. The standard InChI is InChI=1S/C21H20N2O/c1-23(2)13-14-24-21-15-16-7-3-4-8-17(16)19(11-12-22)18-9-5-6-10-20(18)21/h3-11,15H,13-14H2,1-2H3/b19-11-. The van der Waals surface area contributed by atoms with E-state index in [9.17, 15) is 5.26 Å². The zero-order chi connectivity index (χ0) is 16.9. The Bertz CT molecular complexity index is 841. The summed E-state index contributed by atoms with van der Waals surface area (Å²) in [4.78, 5) is 2.10. The van der Waals surface area contributed by atoms with Crippen molar-refractivity contribution in [2.45, 2.75) is 0 Å². The predicted octanol–water partition coefficient (Wildman–Crippen LogP) is 4.03. The molecule has 0 bridgehead atoms. The highest BCUT2D eigenvalue weighted by Crippen LogP contribution is 2.37. The third-order valence-electron chi connectivity index (χ3n) is 4.03. The van der Waals surface area contributed by atoms with E-state index in [0.717, 1.165) is 40.1 Å². The largest absolute Gasteiger partial charge is 0.492 e. The molecule has 24 heavy (non-hydrogen) atoms. The first-order valence-electron chi connectivity index (χ1n) is 7.99. The summed E-state index contributed by atoms with van der Waals surface area (Å²) >= 11 is 0. The third-order valence-corrected chi connectivity index (χ3v) is 4.03. The number of fused-ring (bicyclic) bond motifs is 2. The Hall–Kier alpha value is -2.83. The van der Waals surface area contributed by atoms with Crippen LogP contribution in [-0.2, 0) is 4.74 Å². The summed E-state index contributed by atoms with van der Waals surface area (Å²) in [5.41, 5.74) is 5.10. The van der Waals surface area contributed by atoms with E-state index in [-0.39, 0.29) is 0 Å². The normalized spacial score (nSPS) is 14.4. The van der Waals surface area contributed by atoms with Gasteiger partial charge in [-0.05, 0) is 36.9 Å². The molecule has 3 rings (SSSR count). The highest BCUT2D eigenvalue weighted by molar-refractivity contribution is 5.96. The van der Waals surface area contributed by atoms with Crippen LogP contribution >= 0.6 is 0 Å². The summed E-state index contributed by atoms with van der Waals surface area (Å²) in [6.07, 6.45) is 3.69. The number of likely N-dealkylation sites (N-methyl/N-ethyl adjacent to an activating group) is 1. The van der Waals surface area contributed by atoms with Gasteiger partial charge in [0.15, 0.2) is 0 Å². The van der Waals surface area contributed by atoms with Gasteiger partial charge in [-0.15, -0.1) is 0 Å². The molecular formula is C21H20N2O. The molecule has 0 spiro atoms. The molecule has 0 N–H and O–H groups in total. The third kappa shape index (κ3) is 3.24. The van der Waals surface area contributed by atoms with Crippen LogP contribution in [0.1, 0.15) is 22.3 Å². The number of ether oxygens (including phenoxy) is 1. The second-order valence-electron chi connectivity index (χ2n) is 5.98. The molecule has 0 amide bonds. The molecule has 3 nitrogen and oxygen atoms in total. The molecule has 0 aliphatic heterocycles. The van der Waals surface area contributed by atoms with Crippen LogP contribution < -0.4 is 0 Å². The predicted molar refractivity (Wildman–Crippen MR) is 98.0 cm³/mol.